The topological polar surface area (TPSA) is 311 Å². The molecule has 608 valence electrons. The number of hydrogen-bond acceptors (Lipinski definition) is 24. The first-order chi connectivity index (χ1) is 65.3. The third-order valence-corrected chi connectivity index (χ3v) is 26.0. The molecule has 18 aromatic heterocycles. The van der Waals surface area contributed by atoms with Gasteiger partial charge in [0.25, 0.3) is 0 Å². The Balaban J connectivity index is 0.596. The highest BCUT2D eigenvalue weighted by atomic mass is 16.4. The van der Waals surface area contributed by atoms with E-state index < -0.39 is 0 Å². The van der Waals surface area contributed by atoms with Gasteiger partial charge in [0, 0.05) is 239 Å². The van der Waals surface area contributed by atoms with Crippen molar-refractivity contribution in [3.63, 3.8) is 0 Å². The van der Waals surface area contributed by atoms with E-state index in [-0.39, 0.29) is 0 Å². The van der Waals surface area contributed by atoms with Crippen LogP contribution in [0.2, 0.25) is 0 Å². The molecule has 0 radical (unpaired) electrons. The second-order valence-electron chi connectivity index (χ2n) is 33.2. The molecule has 24 heteroatoms. The van der Waals surface area contributed by atoms with Crippen LogP contribution in [0.4, 0.5) is 0 Å². The lowest BCUT2D eigenvalue weighted by atomic mass is 9.95. The molecule has 0 aliphatic heterocycles. The third kappa shape index (κ3) is 10.2. The van der Waals surface area contributed by atoms with E-state index in [1.54, 1.807) is 49.6 Å². The molecular formula is C108H50N18O6. The van der Waals surface area contributed by atoms with Gasteiger partial charge in [-0.3, -0.25) is 19.9 Å². The van der Waals surface area contributed by atoms with Crippen LogP contribution in [-0.2, 0) is 0 Å². The number of pyridine rings is 6. The molecule has 18 heterocycles. The summed E-state index contributed by atoms with van der Waals surface area (Å²) in [5.41, 5.74) is 18.2. The first-order valence-corrected chi connectivity index (χ1v) is 42.7. The summed E-state index contributed by atoms with van der Waals surface area (Å²) in [5.74, 6) is 2.75. The number of furan rings is 6. The van der Waals surface area contributed by atoms with Crippen LogP contribution in [0.3, 0.4) is 0 Å². The smallest absolute Gasteiger partial charge is 0.227 e. The fraction of sp³-hybridized carbons (Fsp3) is 0. The monoisotopic (exact) mass is 1690 g/mol. The van der Waals surface area contributed by atoms with E-state index >= 15 is 0 Å². The molecule has 0 unspecified atom stereocenters. The van der Waals surface area contributed by atoms with E-state index in [1.165, 1.54) is 0 Å². The molecule has 0 spiro atoms. The Labute approximate surface area is 737 Å². The van der Waals surface area contributed by atoms with Crippen molar-refractivity contribution in [2.75, 3.05) is 0 Å². The van der Waals surface area contributed by atoms with Crippen molar-refractivity contribution in [3.05, 3.63) is 305 Å². The van der Waals surface area contributed by atoms with Gasteiger partial charge >= 0.3 is 0 Å². The first-order valence-electron chi connectivity index (χ1n) is 42.7. The van der Waals surface area contributed by atoms with Gasteiger partial charge < -0.3 is 26.5 Å². The van der Waals surface area contributed by atoms with Crippen molar-refractivity contribution in [1.29, 1.82) is 0 Å². The van der Waals surface area contributed by atoms with Crippen molar-refractivity contribution in [2.24, 2.45) is 0 Å². The van der Waals surface area contributed by atoms with Gasteiger partial charge in [-0.05, 0) is 166 Å². The number of aromatic nitrogens is 18. The van der Waals surface area contributed by atoms with Crippen molar-refractivity contribution < 1.29 is 26.5 Å². The van der Waals surface area contributed by atoms with Crippen LogP contribution in [0.25, 0.3) is 320 Å². The standard InChI is InChI=1S/C108H50N18O6/c1-3-11-59-57(9-1)79-43-115-101(51-18-20-86-67(31-51)65-15-7-25-113-107(65)131-86)121-91(79)93-81(59)45-119-105(123-93)55-35-71-66-16-8-26-114-108(66)132-100(71)75(39-55)74-37-54(34-70-64-22-28-112-50-90(64)130-98(70)74)104-118-48-84-62-14-6-5-13-61(62)83-47-117-103(125-95(83)96(84)126-104)53-33-69-63-21-27-111-49-89(63)129-97(69)72(36-53)73-38-56(40-76-78-42-110-30-24-88(78)128-99(73)76)106-120-46-82-60-12-4-2-10-58(60)80-44-116-102(122-92(80)94(82)124-106)52-17-19-85-68(32-52)77-41-109-29-23-87(77)127-85/h1-50H. The van der Waals surface area contributed by atoms with E-state index in [1.807, 2.05) is 159 Å². The number of fused-ring (bicyclic) bond motifs is 36. The van der Waals surface area contributed by atoms with E-state index in [2.05, 4.69) is 122 Å². The van der Waals surface area contributed by atoms with Gasteiger partial charge in [-0.1, -0.05) is 72.8 Å². The molecule has 0 aliphatic carbocycles. The molecule has 0 saturated carbocycles. The van der Waals surface area contributed by atoms with Gasteiger partial charge in [0.15, 0.2) is 46.1 Å². The van der Waals surface area contributed by atoms with Crippen LogP contribution in [0.15, 0.2) is 332 Å². The average molecular weight is 1700 g/mol. The van der Waals surface area contributed by atoms with E-state index in [0.29, 0.717) is 163 Å². The second-order valence-corrected chi connectivity index (χ2v) is 33.2. The van der Waals surface area contributed by atoms with Gasteiger partial charge in [-0.25, -0.2) is 69.8 Å². The molecule has 132 heavy (non-hydrogen) atoms. The summed E-state index contributed by atoms with van der Waals surface area (Å²) in [6.45, 7) is 0. The summed E-state index contributed by atoms with van der Waals surface area (Å²) < 4.78 is 40.4. The van der Waals surface area contributed by atoms with E-state index in [0.717, 1.165) is 157 Å². The van der Waals surface area contributed by atoms with Gasteiger partial charge in [0.2, 0.25) is 11.4 Å². The van der Waals surface area contributed by atoms with Gasteiger partial charge in [-0.15, -0.1) is 0 Å². The normalized spacial score (nSPS) is 12.4. The summed E-state index contributed by atoms with van der Waals surface area (Å²) in [6, 6.07) is 68.8. The molecule has 0 atom stereocenters. The minimum Gasteiger partial charge on any atom is -0.456 e. The van der Waals surface area contributed by atoms with Gasteiger partial charge in [0.1, 0.15) is 77.8 Å². The summed E-state index contributed by atoms with van der Waals surface area (Å²) >= 11 is 0. The van der Waals surface area contributed by atoms with Crippen LogP contribution in [0, 0.1) is 0 Å². The predicted octanol–water partition coefficient (Wildman–Crippen LogP) is 25.9. The molecule has 30 aromatic rings. The van der Waals surface area contributed by atoms with E-state index in [9.17, 15) is 0 Å². The fourth-order valence-electron chi connectivity index (χ4n) is 20.0. The lowest BCUT2D eigenvalue weighted by Gasteiger charge is -2.13. The lowest BCUT2D eigenvalue weighted by molar-refractivity contribution is 0.653. The van der Waals surface area contributed by atoms with Crippen LogP contribution >= 0.6 is 0 Å². The average Bonchev–Trinajstić information content (AvgIpc) is 0.792. The maximum Gasteiger partial charge on any atom is 0.227 e. The zero-order valence-corrected chi connectivity index (χ0v) is 68.4. The Bertz CT molecular complexity index is 9890. The Morgan fingerprint density at radius 2 is 0.447 bits per heavy atom. The number of nitrogens with zero attached hydrogens (tertiary/aromatic N) is 18. The molecule has 0 amide bonds. The highest BCUT2D eigenvalue weighted by Gasteiger charge is 2.29. The first kappa shape index (κ1) is 70.4. The number of benzene rings is 12. The van der Waals surface area contributed by atoms with Crippen LogP contribution < -0.4 is 0 Å². The van der Waals surface area contributed by atoms with Crippen molar-refractivity contribution in [3.8, 4) is 90.6 Å². The minimum absolute atomic E-state index is 0.413. The molecule has 12 aromatic carbocycles. The summed E-state index contributed by atoms with van der Waals surface area (Å²) in [4.78, 5) is 92.0. The predicted molar refractivity (Wildman–Crippen MR) is 511 cm³/mol. The molecule has 0 fully saturated rings. The van der Waals surface area contributed by atoms with Crippen LogP contribution in [-0.4, -0.2) is 89.7 Å². The SMILES string of the molecule is c1cnc2oc3ccc(-c4ncc5c6ccccc6c6cnc(-c7cc(-c8cc(-c9ncc%10c%11ccccc%11c%11cnc(-c%12cc(-c%13cc(-c%14ncc%15c%16ccccc%16c%16cnc(-c%17ccc%18oc%19ccncc%19c%18c%17)nc%16c%15n%14)cc%14c%13oc%13ccncc%13%14)c%13oc%14cnccc%14c%13c%12)nc%11c%10n9)cc9c8oc8cnccc89)c8oc9ncccc9c8c7)nc6c5n4)cc3c2c1. The van der Waals surface area contributed by atoms with Gasteiger partial charge in [0.05, 0.1) is 12.4 Å². The van der Waals surface area contributed by atoms with Crippen molar-refractivity contribution >= 4 is 230 Å². The Morgan fingerprint density at radius 3 is 0.856 bits per heavy atom. The van der Waals surface area contributed by atoms with Crippen LogP contribution in [0.1, 0.15) is 0 Å². The highest BCUT2D eigenvalue weighted by molar-refractivity contribution is 6.28. The molecule has 30 rings (SSSR count). The molecule has 0 aliphatic rings. The van der Waals surface area contributed by atoms with E-state index in [4.69, 9.17) is 91.3 Å². The van der Waals surface area contributed by atoms with Crippen molar-refractivity contribution in [2.45, 2.75) is 0 Å². The zero-order valence-electron chi connectivity index (χ0n) is 68.4. The Morgan fingerprint density at radius 1 is 0.159 bits per heavy atom. The third-order valence-electron chi connectivity index (χ3n) is 26.0. The summed E-state index contributed by atoms with van der Waals surface area (Å²) in [6.07, 6.45) is 29.0. The number of rotatable bonds is 8. The quantitative estimate of drug-likeness (QED) is 0.128. The molecule has 0 bridgehead atoms. The summed E-state index contributed by atoms with van der Waals surface area (Å²) in [5, 5.41) is 20.6. The number of hydrogen-bond donors (Lipinski definition) is 0. The highest BCUT2D eigenvalue weighted by Crippen LogP contribution is 2.50. The molecule has 0 N–H and O–H groups in total. The van der Waals surface area contributed by atoms with Crippen LogP contribution in [0.5, 0.6) is 0 Å². The van der Waals surface area contributed by atoms with Crippen molar-refractivity contribution in [1.82, 2.24) is 89.7 Å². The minimum atomic E-state index is 0.413. The largest absolute Gasteiger partial charge is 0.456 e. The maximum atomic E-state index is 7.03. The Kier molecular flexibility index (Phi) is 14.1. The Hall–Kier alpha value is -18.8. The molecular weight excluding hydrogens is 1650 g/mol. The molecule has 0 saturated heterocycles. The second kappa shape index (κ2) is 26.4. The lowest BCUT2D eigenvalue weighted by Crippen LogP contribution is -1.98. The maximum absolute atomic E-state index is 7.03. The fourth-order valence-corrected chi connectivity index (χ4v) is 20.0. The zero-order chi connectivity index (χ0) is 85.8. The van der Waals surface area contributed by atoms with Gasteiger partial charge in [-0.2, -0.15) is 0 Å². The summed E-state index contributed by atoms with van der Waals surface area (Å²) in [7, 11) is 0. The molecule has 24 nitrogen and oxygen atoms in total.